The van der Waals surface area contributed by atoms with Gasteiger partial charge in [0.15, 0.2) is 11.5 Å². The van der Waals surface area contributed by atoms with Crippen LogP contribution in [0.15, 0.2) is 29.0 Å². The van der Waals surface area contributed by atoms with Crippen molar-refractivity contribution < 1.29 is 9.84 Å². The summed E-state index contributed by atoms with van der Waals surface area (Å²) in [6.45, 7) is 2.66. The average molecular weight is 333 g/mol. The molecule has 3 aromatic rings. The summed E-state index contributed by atoms with van der Waals surface area (Å²) >= 11 is 1.60. The minimum atomic E-state index is -0.865. The second-order valence-electron chi connectivity index (χ2n) is 5.62. The Morgan fingerprint density at radius 1 is 1.35 bits per heavy atom. The lowest BCUT2D eigenvalue weighted by atomic mass is 10.0. The third kappa shape index (κ3) is 3.66. The van der Waals surface area contributed by atoms with Crippen LogP contribution in [0.2, 0.25) is 0 Å². The third-order valence-electron chi connectivity index (χ3n) is 3.54. The van der Waals surface area contributed by atoms with E-state index in [1.54, 1.807) is 29.9 Å². The molecule has 0 aromatic carbocycles. The number of hydrogen-bond acceptors (Lipinski definition) is 7. The molecule has 1 atom stereocenters. The fourth-order valence-electron chi connectivity index (χ4n) is 2.15. The van der Waals surface area contributed by atoms with Gasteiger partial charge in [-0.2, -0.15) is 15.9 Å². The molecule has 0 radical (unpaired) electrons. The molecule has 0 unspecified atom stereocenters. The fourth-order valence-corrected chi connectivity index (χ4v) is 2.78. The molecular formula is C15H19N5O2S. The second-order valence-corrected chi connectivity index (χ2v) is 6.40. The standard InChI is InChI=1S/C15H19N5O2S/c1-15(21,6-7-22-2)10-16-12-3-4-13-17-18-14(20(13)19-12)11-5-8-23-9-11/h3-5,8-9,21H,6-7,10H2,1-2H3,(H,16,19)/t15-/m0/s1. The van der Waals surface area contributed by atoms with Crippen molar-refractivity contribution in [3.05, 3.63) is 29.0 Å². The zero-order chi connectivity index (χ0) is 16.3. The molecule has 0 saturated carbocycles. The molecule has 3 heterocycles. The van der Waals surface area contributed by atoms with Gasteiger partial charge in [-0.15, -0.1) is 15.3 Å². The lowest BCUT2D eigenvalue weighted by molar-refractivity contribution is 0.0357. The van der Waals surface area contributed by atoms with Crippen molar-refractivity contribution in [1.29, 1.82) is 0 Å². The number of rotatable bonds is 7. The molecule has 3 rings (SSSR count). The predicted molar refractivity (Wildman–Crippen MR) is 89.7 cm³/mol. The molecule has 8 heteroatoms. The normalized spacial score (nSPS) is 14.0. The zero-order valence-electron chi connectivity index (χ0n) is 13.1. The zero-order valence-corrected chi connectivity index (χ0v) is 13.9. The van der Waals surface area contributed by atoms with Crippen LogP contribution in [0.25, 0.3) is 17.0 Å². The Morgan fingerprint density at radius 2 is 2.22 bits per heavy atom. The molecule has 0 aliphatic carbocycles. The number of ether oxygens (including phenoxy) is 1. The van der Waals surface area contributed by atoms with Gasteiger partial charge in [-0.3, -0.25) is 0 Å². The van der Waals surface area contributed by atoms with E-state index in [2.05, 4.69) is 20.6 Å². The largest absolute Gasteiger partial charge is 0.388 e. The van der Waals surface area contributed by atoms with Crippen molar-refractivity contribution in [2.75, 3.05) is 25.6 Å². The first-order valence-corrected chi connectivity index (χ1v) is 8.23. The topological polar surface area (TPSA) is 84.6 Å². The summed E-state index contributed by atoms with van der Waals surface area (Å²) in [6, 6.07) is 5.66. The van der Waals surface area contributed by atoms with Gasteiger partial charge < -0.3 is 15.2 Å². The third-order valence-corrected chi connectivity index (χ3v) is 4.22. The van der Waals surface area contributed by atoms with Crippen LogP contribution in [0.1, 0.15) is 13.3 Å². The summed E-state index contributed by atoms with van der Waals surface area (Å²) in [6.07, 6.45) is 0.547. The van der Waals surface area contributed by atoms with E-state index < -0.39 is 5.60 Å². The predicted octanol–water partition coefficient (Wildman–Crippen LogP) is 2.05. The van der Waals surface area contributed by atoms with Crippen molar-refractivity contribution in [1.82, 2.24) is 19.8 Å². The maximum Gasteiger partial charge on any atom is 0.186 e. The van der Waals surface area contributed by atoms with Crippen LogP contribution in [0.4, 0.5) is 5.82 Å². The molecule has 23 heavy (non-hydrogen) atoms. The van der Waals surface area contributed by atoms with E-state index >= 15 is 0 Å². The van der Waals surface area contributed by atoms with E-state index in [4.69, 9.17) is 4.74 Å². The van der Waals surface area contributed by atoms with Gasteiger partial charge in [-0.1, -0.05) is 0 Å². The lowest BCUT2D eigenvalue weighted by Gasteiger charge is -2.23. The first-order valence-electron chi connectivity index (χ1n) is 7.29. The summed E-state index contributed by atoms with van der Waals surface area (Å²) in [5, 5.41) is 30.3. The van der Waals surface area contributed by atoms with Crippen LogP contribution in [0.3, 0.4) is 0 Å². The molecule has 7 nitrogen and oxygen atoms in total. The number of aliphatic hydroxyl groups is 1. The van der Waals surface area contributed by atoms with E-state index in [-0.39, 0.29) is 0 Å². The monoisotopic (exact) mass is 333 g/mol. The summed E-state index contributed by atoms with van der Waals surface area (Å²) in [4.78, 5) is 0. The van der Waals surface area contributed by atoms with E-state index in [0.29, 0.717) is 36.9 Å². The van der Waals surface area contributed by atoms with Gasteiger partial charge in [0.2, 0.25) is 0 Å². The van der Waals surface area contributed by atoms with Gasteiger partial charge in [0.25, 0.3) is 0 Å². The van der Waals surface area contributed by atoms with Gasteiger partial charge in [0.1, 0.15) is 5.82 Å². The number of nitrogens with zero attached hydrogens (tertiary/aromatic N) is 4. The summed E-state index contributed by atoms with van der Waals surface area (Å²) in [5.74, 6) is 1.36. The molecule has 0 bridgehead atoms. The Kier molecular flexibility index (Phi) is 4.56. The van der Waals surface area contributed by atoms with Gasteiger partial charge in [0, 0.05) is 37.6 Å². The number of thiophene rings is 1. The highest BCUT2D eigenvalue weighted by molar-refractivity contribution is 7.08. The van der Waals surface area contributed by atoms with Crippen LogP contribution in [0, 0.1) is 0 Å². The van der Waals surface area contributed by atoms with E-state index in [1.165, 1.54) is 0 Å². The number of nitrogens with one attached hydrogen (secondary N) is 1. The van der Waals surface area contributed by atoms with Crippen molar-refractivity contribution >= 4 is 22.8 Å². The first-order chi connectivity index (χ1) is 11.1. The van der Waals surface area contributed by atoms with Crippen LogP contribution >= 0.6 is 11.3 Å². The summed E-state index contributed by atoms with van der Waals surface area (Å²) in [5.41, 5.74) is 0.804. The van der Waals surface area contributed by atoms with Crippen molar-refractivity contribution in [3.8, 4) is 11.4 Å². The molecule has 122 valence electrons. The fraction of sp³-hybridized carbons (Fsp3) is 0.400. The maximum absolute atomic E-state index is 10.3. The minimum Gasteiger partial charge on any atom is -0.388 e. The average Bonchev–Trinajstić information content (AvgIpc) is 3.19. The Hall–Kier alpha value is -2.03. The molecule has 3 aromatic heterocycles. The molecule has 0 aliphatic rings. The quantitative estimate of drug-likeness (QED) is 0.688. The van der Waals surface area contributed by atoms with E-state index in [0.717, 1.165) is 5.56 Å². The van der Waals surface area contributed by atoms with E-state index in [9.17, 15) is 5.11 Å². The van der Waals surface area contributed by atoms with Gasteiger partial charge in [0.05, 0.1) is 5.60 Å². The molecule has 0 spiro atoms. The second kappa shape index (κ2) is 6.61. The molecule has 0 amide bonds. The highest BCUT2D eigenvalue weighted by Gasteiger charge is 2.20. The number of methoxy groups -OCH3 is 1. The Labute approximate surface area is 137 Å². The van der Waals surface area contributed by atoms with Gasteiger partial charge >= 0.3 is 0 Å². The molecule has 0 saturated heterocycles. The van der Waals surface area contributed by atoms with E-state index in [1.807, 2.05) is 29.0 Å². The van der Waals surface area contributed by atoms with Crippen molar-refractivity contribution in [2.45, 2.75) is 18.9 Å². The van der Waals surface area contributed by atoms with Crippen molar-refractivity contribution in [2.24, 2.45) is 0 Å². The van der Waals surface area contributed by atoms with Crippen LogP contribution < -0.4 is 5.32 Å². The Balaban J connectivity index is 1.79. The van der Waals surface area contributed by atoms with Crippen molar-refractivity contribution in [3.63, 3.8) is 0 Å². The number of hydrogen-bond donors (Lipinski definition) is 2. The van der Waals surface area contributed by atoms with Crippen LogP contribution in [-0.4, -0.2) is 50.8 Å². The smallest absolute Gasteiger partial charge is 0.186 e. The van der Waals surface area contributed by atoms with Gasteiger partial charge in [-0.25, -0.2) is 0 Å². The van der Waals surface area contributed by atoms with Gasteiger partial charge in [-0.05, 0) is 30.5 Å². The first kappa shape index (κ1) is 15.9. The summed E-state index contributed by atoms with van der Waals surface area (Å²) < 4.78 is 6.71. The highest BCUT2D eigenvalue weighted by Crippen LogP contribution is 2.21. The highest BCUT2D eigenvalue weighted by atomic mass is 32.1. The number of fused-ring (bicyclic) bond motifs is 1. The number of aromatic nitrogens is 4. The lowest BCUT2D eigenvalue weighted by Crippen LogP contribution is -2.35. The SMILES string of the molecule is COCC[C@](C)(O)CNc1ccc2nnc(-c3ccsc3)n2n1. The molecule has 0 fully saturated rings. The number of anilines is 1. The Bertz CT molecular complexity index is 769. The van der Waals surface area contributed by atoms with Crippen LogP contribution in [-0.2, 0) is 4.74 Å². The Morgan fingerprint density at radius 3 is 2.96 bits per heavy atom. The minimum absolute atomic E-state index is 0.380. The summed E-state index contributed by atoms with van der Waals surface area (Å²) in [7, 11) is 1.62. The molecular weight excluding hydrogens is 314 g/mol. The molecule has 2 N–H and O–H groups in total. The molecule has 0 aliphatic heterocycles. The maximum atomic E-state index is 10.3. The van der Waals surface area contributed by atoms with Crippen LogP contribution in [0.5, 0.6) is 0 Å².